The molecule has 4 aromatic rings. The van der Waals surface area contributed by atoms with Gasteiger partial charge >= 0.3 is 10.1 Å². The Balaban J connectivity index is 1.55. The second-order valence-corrected chi connectivity index (χ2v) is 11.9. The van der Waals surface area contributed by atoms with Gasteiger partial charge in [-0.15, -0.1) is 0 Å². The van der Waals surface area contributed by atoms with Gasteiger partial charge < -0.3 is 4.18 Å². The lowest BCUT2D eigenvalue weighted by atomic mass is 10.0. The second kappa shape index (κ2) is 10.6. The van der Waals surface area contributed by atoms with E-state index in [-0.39, 0.29) is 22.1 Å². The third-order valence-corrected chi connectivity index (χ3v) is 8.88. The summed E-state index contributed by atoms with van der Waals surface area (Å²) in [5.41, 5.74) is 0.782. The molecule has 0 unspecified atom stereocenters. The highest BCUT2D eigenvalue weighted by Gasteiger charge is 2.36. The zero-order chi connectivity index (χ0) is 27.0. The van der Waals surface area contributed by atoms with Gasteiger partial charge in [-0.2, -0.15) is 8.42 Å². The number of carbonyl (C=O) groups is 2. The number of hydrogen-bond donors (Lipinski definition) is 0. The fraction of sp³-hybridized carbons (Fsp3) is 0.0370. The van der Waals surface area contributed by atoms with Crippen molar-refractivity contribution in [3.63, 3.8) is 0 Å². The summed E-state index contributed by atoms with van der Waals surface area (Å²) in [5.74, 6) is -0.560. The Hall–Kier alpha value is -3.01. The molecule has 0 aliphatic carbocycles. The molecule has 1 heterocycles. The average molecular weight is 605 g/mol. The van der Waals surface area contributed by atoms with E-state index in [0.29, 0.717) is 31.6 Å². The van der Waals surface area contributed by atoms with Crippen molar-refractivity contribution in [3.8, 4) is 5.75 Å². The number of rotatable bonds is 6. The quantitative estimate of drug-likeness (QED) is 0.165. The van der Waals surface area contributed by atoms with Crippen LogP contribution < -0.4 is 4.18 Å². The van der Waals surface area contributed by atoms with E-state index in [4.69, 9.17) is 39.0 Å². The van der Waals surface area contributed by atoms with E-state index in [0.717, 1.165) is 22.0 Å². The lowest BCUT2D eigenvalue weighted by Gasteiger charge is -2.15. The highest BCUT2D eigenvalue weighted by atomic mass is 35.5. The molecule has 0 spiro atoms. The number of fused-ring (bicyclic) bond motifs is 1. The van der Waals surface area contributed by atoms with E-state index in [1.165, 1.54) is 36.4 Å². The Kier molecular flexibility index (Phi) is 7.44. The van der Waals surface area contributed by atoms with Crippen LogP contribution in [0.1, 0.15) is 11.1 Å². The van der Waals surface area contributed by atoms with Gasteiger partial charge in [0.15, 0.2) is 5.75 Å². The summed E-state index contributed by atoms with van der Waals surface area (Å²) < 4.78 is 31.6. The average Bonchev–Trinajstić information content (AvgIpc) is 3.15. The van der Waals surface area contributed by atoms with Gasteiger partial charge in [-0.1, -0.05) is 71.2 Å². The largest absolute Gasteiger partial charge is 0.378 e. The molecule has 4 aromatic carbocycles. The first-order chi connectivity index (χ1) is 18.1. The van der Waals surface area contributed by atoms with Gasteiger partial charge in [-0.05, 0) is 71.1 Å². The van der Waals surface area contributed by atoms with E-state index in [9.17, 15) is 18.0 Å². The van der Waals surface area contributed by atoms with E-state index in [2.05, 4.69) is 0 Å². The van der Waals surface area contributed by atoms with Crippen LogP contribution >= 0.6 is 46.6 Å². The molecule has 5 rings (SSSR count). The van der Waals surface area contributed by atoms with Crippen LogP contribution in [0.3, 0.4) is 0 Å². The minimum absolute atomic E-state index is 0.000373. The van der Waals surface area contributed by atoms with Gasteiger partial charge in [-0.25, -0.2) is 0 Å². The molecule has 192 valence electrons. The lowest BCUT2D eigenvalue weighted by Crippen LogP contribution is -2.27. The van der Waals surface area contributed by atoms with Crippen LogP contribution in [0.15, 0.2) is 88.7 Å². The van der Waals surface area contributed by atoms with Gasteiger partial charge in [0, 0.05) is 26.2 Å². The third kappa shape index (κ3) is 5.28. The molecule has 1 saturated heterocycles. The standard InChI is InChI=1S/C27H16Cl3NO5S2/c28-17-9-11-18(12-10-17)38(34,35)36-24-13-8-16-4-1-2-5-19(16)20(24)14-25-26(32)31(27(33)37-25)15-21-22(29)6-3-7-23(21)30/h1-14H,15H2/b25-14-. The van der Waals surface area contributed by atoms with Crippen LogP contribution in [-0.2, 0) is 21.5 Å². The molecular weight excluding hydrogens is 589 g/mol. The van der Waals surface area contributed by atoms with Crippen molar-refractivity contribution in [3.05, 3.63) is 110 Å². The van der Waals surface area contributed by atoms with Crippen LogP contribution in [0.2, 0.25) is 15.1 Å². The van der Waals surface area contributed by atoms with Crippen molar-refractivity contribution >= 4 is 84.7 Å². The zero-order valence-electron chi connectivity index (χ0n) is 19.2. The number of hydrogen-bond acceptors (Lipinski definition) is 6. The van der Waals surface area contributed by atoms with Crippen LogP contribution in [0.5, 0.6) is 5.75 Å². The van der Waals surface area contributed by atoms with Crippen molar-refractivity contribution in [1.82, 2.24) is 4.90 Å². The third-order valence-electron chi connectivity index (χ3n) is 5.76. The van der Waals surface area contributed by atoms with E-state index >= 15 is 0 Å². The van der Waals surface area contributed by atoms with Crippen LogP contribution in [0, 0.1) is 0 Å². The monoisotopic (exact) mass is 603 g/mol. The first-order valence-corrected chi connectivity index (χ1v) is 14.4. The Labute approximate surface area is 237 Å². The summed E-state index contributed by atoms with van der Waals surface area (Å²) in [4.78, 5) is 27.2. The molecule has 2 amide bonds. The topological polar surface area (TPSA) is 80.8 Å². The van der Waals surface area contributed by atoms with E-state index in [1.807, 2.05) is 12.1 Å². The van der Waals surface area contributed by atoms with Crippen LogP contribution in [0.25, 0.3) is 16.8 Å². The molecule has 1 aliphatic rings. The Morgan fingerprint density at radius 1 is 0.842 bits per heavy atom. The highest BCUT2D eigenvalue weighted by molar-refractivity contribution is 8.18. The molecule has 0 atom stereocenters. The molecule has 0 bridgehead atoms. The van der Waals surface area contributed by atoms with Gasteiger partial charge in [0.1, 0.15) is 4.90 Å². The number of carbonyl (C=O) groups excluding carboxylic acids is 2. The van der Waals surface area contributed by atoms with Crippen LogP contribution in [-0.4, -0.2) is 24.5 Å². The van der Waals surface area contributed by atoms with E-state index in [1.54, 1.807) is 36.4 Å². The molecule has 38 heavy (non-hydrogen) atoms. The summed E-state index contributed by atoms with van der Waals surface area (Å²) in [7, 11) is -4.23. The van der Waals surface area contributed by atoms with Crippen molar-refractivity contribution < 1.29 is 22.2 Å². The molecule has 6 nitrogen and oxygen atoms in total. The zero-order valence-corrected chi connectivity index (χ0v) is 23.1. The fourth-order valence-electron chi connectivity index (χ4n) is 3.87. The van der Waals surface area contributed by atoms with Gasteiger partial charge in [0.2, 0.25) is 0 Å². The summed E-state index contributed by atoms with van der Waals surface area (Å²) in [6.07, 6.45) is 1.47. The first-order valence-electron chi connectivity index (χ1n) is 11.0. The van der Waals surface area contributed by atoms with Crippen LogP contribution in [0.4, 0.5) is 4.79 Å². The van der Waals surface area contributed by atoms with Crippen molar-refractivity contribution in [2.24, 2.45) is 0 Å². The normalized spacial score (nSPS) is 15.0. The maximum absolute atomic E-state index is 13.3. The summed E-state index contributed by atoms with van der Waals surface area (Å²) in [6, 6.07) is 20.9. The molecule has 1 aliphatic heterocycles. The second-order valence-electron chi connectivity index (χ2n) is 8.16. The Morgan fingerprint density at radius 2 is 1.53 bits per heavy atom. The molecular formula is C27H16Cl3NO5S2. The molecule has 0 radical (unpaired) electrons. The highest BCUT2D eigenvalue weighted by Crippen LogP contribution is 2.39. The van der Waals surface area contributed by atoms with Gasteiger partial charge in [0.05, 0.1) is 11.4 Å². The van der Waals surface area contributed by atoms with E-state index < -0.39 is 21.3 Å². The number of benzene rings is 4. The maximum atomic E-state index is 13.3. The van der Waals surface area contributed by atoms with Gasteiger partial charge in [0.25, 0.3) is 11.1 Å². The van der Waals surface area contributed by atoms with Crippen molar-refractivity contribution in [2.75, 3.05) is 0 Å². The van der Waals surface area contributed by atoms with Crippen molar-refractivity contribution in [1.29, 1.82) is 0 Å². The molecule has 0 N–H and O–H groups in total. The summed E-state index contributed by atoms with van der Waals surface area (Å²) in [5, 5.41) is 1.96. The molecule has 11 heteroatoms. The van der Waals surface area contributed by atoms with Gasteiger partial charge in [-0.3, -0.25) is 14.5 Å². The smallest absolute Gasteiger partial charge is 0.339 e. The maximum Gasteiger partial charge on any atom is 0.339 e. The minimum Gasteiger partial charge on any atom is -0.378 e. The first kappa shape index (κ1) is 26.6. The minimum atomic E-state index is -4.23. The number of imide groups is 1. The lowest BCUT2D eigenvalue weighted by molar-refractivity contribution is -0.123. The number of nitrogens with zero attached hydrogens (tertiary/aromatic N) is 1. The fourth-order valence-corrected chi connectivity index (χ4v) is 6.28. The van der Waals surface area contributed by atoms with Crippen molar-refractivity contribution in [2.45, 2.75) is 11.4 Å². The number of halogens is 3. The summed E-state index contributed by atoms with van der Waals surface area (Å²) >= 11 is 19.1. The Bertz CT molecular complexity index is 1720. The predicted octanol–water partition coefficient (Wildman–Crippen LogP) is 7.80. The SMILES string of the molecule is O=C1S/C(=C\c2c(OS(=O)(=O)c3ccc(Cl)cc3)ccc3ccccc23)C(=O)N1Cc1c(Cl)cccc1Cl. The molecule has 0 aromatic heterocycles. The predicted molar refractivity (Wildman–Crippen MR) is 151 cm³/mol. The summed E-state index contributed by atoms with van der Waals surface area (Å²) in [6.45, 7) is -0.107. The number of thioether (sulfide) groups is 1. The molecule has 0 saturated carbocycles. The number of amides is 2. The molecule has 1 fully saturated rings. The Morgan fingerprint density at radius 3 is 2.24 bits per heavy atom.